The van der Waals surface area contributed by atoms with Crippen molar-refractivity contribution in [3.63, 3.8) is 0 Å². The number of rotatable bonds is 8. The van der Waals surface area contributed by atoms with Crippen LogP contribution in [-0.4, -0.2) is 43.3 Å². The third-order valence-corrected chi connectivity index (χ3v) is 4.52. The minimum Gasteiger partial charge on any atom is -0.496 e. The molecule has 0 aliphatic heterocycles. The van der Waals surface area contributed by atoms with Gasteiger partial charge in [0.05, 0.1) is 62.1 Å². The Labute approximate surface area is 178 Å². The third kappa shape index (κ3) is 4.48. The van der Waals surface area contributed by atoms with Gasteiger partial charge in [0, 0.05) is 6.07 Å². The van der Waals surface area contributed by atoms with Crippen LogP contribution in [0, 0.1) is 17.1 Å². The minimum atomic E-state index is -0.810. The molecule has 160 valence electrons. The normalized spacial score (nSPS) is 10.4. The second-order valence-corrected chi connectivity index (χ2v) is 6.40. The molecule has 0 saturated heterocycles. The first kappa shape index (κ1) is 21.8. The highest BCUT2D eigenvalue weighted by Crippen LogP contribution is 2.39. The maximum absolute atomic E-state index is 15.4. The molecule has 0 spiro atoms. The van der Waals surface area contributed by atoms with Crippen molar-refractivity contribution in [3.05, 3.63) is 53.6 Å². The van der Waals surface area contributed by atoms with E-state index in [1.165, 1.54) is 25.2 Å². The second-order valence-electron chi connectivity index (χ2n) is 6.40. The van der Waals surface area contributed by atoms with Crippen LogP contribution in [0.3, 0.4) is 0 Å². The molecule has 0 saturated carbocycles. The highest BCUT2D eigenvalue weighted by Gasteiger charge is 2.28. The first-order chi connectivity index (χ1) is 15.0. The van der Waals surface area contributed by atoms with Gasteiger partial charge in [0.25, 0.3) is 0 Å². The zero-order chi connectivity index (χ0) is 22.4. The molecule has 0 amide bonds. The number of halogens is 1. The van der Waals surface area contributed by atoms with Crippen molar-refractivity contribution in [1.29, 1.82) is 5.26 Å². The largest absolute Gasteiger partial charge is 0.496 e. The molecule has 0 aliphatic rings. The van der Waals surface area contributed by atoms with Crippen molar-refractivity contribution >= 4 is 22.7 Å². The molecule has 0 atom stereocenters. The average Bonchev–Trinajstić information content (AvgIpc) is 2.78. The lowest BCUT2D eigenvalue weighted by Crippen LogP contribution is -2.25. The molecular weight excluding hydrogens is 403 g/mol. The summed E-state index contributed by atoms with van der Waals surface area (Å²) in [7, 11) is 2.59. The van der Waals surface area contributed by atoms with Gasteiger partial charge in [-0.05, 0) is 19.1 Å². The van der Waals surface area contributed by atoms with Gasteiger partial charge in [0.1, 0.15) is 17.9 Å². The molecule has 31 heavy (non-hydrogen) atoms. The number of esters is 1. The van der Waals surface area contributed by atoms with Gasteiger partial charge < -0.3 is 19.1 Å². The average molecular weight is 424 g/mol. The Hall–Kier alpha value is -3.93. The minimum absolute atomic E-state index is 0.0262. The van der Waals surface area contributed by atoms with Crippen LogP contribution in [0.5, 0.6) is 11.5 Å². The number of aromatic nitrogens is 2. The van der Waals surface area contributed by atoms with Gasteiger partial charge in [-0.25, -0.2) is 14.2 Å². The van der Waals surface area contributed by atoms with Gasteiger partial charge >= 0.3 is 5.97 Å². The van der Waals surface area contributed by atoms with Crippen LogP contribution in [0.15, 0.2) is 36.5 Å². The number of methoxy groups -OCH3 is 2. The lowest BCUT2D eigenvalue weighted by atomic mass is 10.1. The fraction of sp³-hybridized carbons (Fsp3) is 0.273. The van der Waals surface area contributed by atoms with E-state index in [0.717, 1.165) is 5.52 Å². The zero-order valence-electron chi connectivity index (χ0n) is 17.4. The van der Waals surface area contributed by atoms with Gasteiger partial charge in [-0.15, -0.1) is 0 Å². The molecule has 2 aromatic carbocycles. The number of para-hydroxylation sites is 2. The van der Waals surface area contributed by atoms with E-state index in [9.17, 15) is 10.1 Å². The van der Waals surface area contributed by atoms with Crippen LogP contribution < -0.4 is 14.4 Å². The summed E-state index contributed by atoms with van der Waals surface area (Å²) in [5.74, 6) is -1.83. The summed E-state index contributed by atoms with van der Waals surface area (Å²) in [4.78, 5) is 22.7. The molecule has 0 bridgehead atoms. The molecular formula is C22H21FN4O4. The Morgan fingerprint density at radius 1 is 1.23 bits per heavy atom. The van der Waals surface area contributed by atoms with Crippen molar-refractivity contribution in [2.75, 3.05) is 32.3 Å². The molecule has 0 radical (unpaired) electrons. The maximum Gasteiger partial charge on any atom is 0.345 e. The van der Waals surface area contributed by atoms with Crippen LogP contribution in [0.25, 0.3) is 11.0 Å². The van der Waals surface area contributed by atoms with E-state index >= 15 is 4.39 Å². The number of benzene rings is 2. The van der Waals surface area contributed by atoms with Crippen LogP contribution in [0.4, 0.5) is 10.1 Å². The third-order valence-electron chi connectivity index (χ3n) is 4.52. The second kappa shape index (κ2) is 9.71. The summed E-state index contributed by atoms with van der Waals surface area (Å²) in [6.45, 7) is 1.71. The Morgan fingerprint density at radius 3 is 2.61 bits per heavy atom. The van der Waals surface area contributed by atoms with Crippen LogP contribution >= 0.6 is 0 Å². The SMILES string of the molecule is CCOC(=O)c1c(OC)cc(N(CC#N)Cc2cnc3ccccc3n2)c(F)c1OC. The summed E-state index contributed by atoms with van der Waals surface area (Å²) < 4.78 is 30.9. The monoisotopic (exact) mass is 424 g/mol. The highest BCUT2D eigenvalue weighted by atomic mass is 19.1. The number of nitrogens with zero attached hydrogens (tertiary/aromatic N) is 4. The van der Waals surface area contributed by atoms with Gasteiger partial charge in [0.15, 0.2) is 11.6 Å². The van der Waals surface area contributed by atoms with E-state index in [2.05, 4.69) is 9.97 Å². The summed E-state index contributed by atoms with van der Waals surface area (Å²) in [6.07, 6.45) is 1.58. The van der Waals surface area contributed by atoms with E-state index in [0.29, 0.717) is 11.2 Å². The van der Waals surface area contributed by atoms with Crippen LogP contribution in [0.2, 0.25) is 0 Å². The number of hydrogen-bond acceptors (Lipinski definition) is 8. The summed E-state index contributed by atoms with van der Waals surface area (Å²) in [5, 5.41) is 9.32. The van der Waals surface area contributed by atoms with Gasteiger partial charge in [-0.1, -0.05) is 12.1 Å². The van der Waals surface area contributed by atoms with Gasteiger partial charge in [0.2, 0.25) is 0 Å². The maximum atomic E-state index is 15.4. The molecule has 0 fully saturated rings. The molecule has 9 heteroatoms. The standard InChI is InChI=1S/C22H21FN4O4/c1-4-31-22(28)19-18(29-2)11-17(20(23)21(19)30-3)27(10-9-24)13-14-12-25-15-7-5-6-8-16(15)26-14/h5-8,11-12H,4,10,13H2,1-3H3. The van der Waals surface area contributed by atoms with E-state index in [1.54, 1.807) is 13.1 Å². The van der Waals surface area contributed by atoms with Gasteiger partial charge in [-0.2, -0.15) is 5.26 Å². The smallest absolute Gasteiger partial charge is 0.345 e. The summed E-state index contributed by atoms with van der Waals surface area (Å²) >= 11 is 0. The quantitative estimate of drug-likeness (QED) is 0.400. The fourth-order valence-electron chi connectivity index (χ4n) is 3.16. The number of fused-ring (bicyclic) bond motifs is 1. The van der Waals surface area contributed by atoms with Gasteiger partial charge in [-0.3, -0.25) is 4.98 Å². The number of anilines is 1. The number of carbonyl (C=O) groups excluding carboxylic acids is 1. The van der Waals surface area contributed by atoms with E-state index < -0.39 is 11.8 Å². The predicted octanol–water partition coefficient (Wildman–Crippen LogP) is 3.49. The van der Waals surface area contributed by atoms with E-state index in [-0.39, 0.29) is 42.4 Å². The topological polar surface area (TPSA) is 97.6 Å². The molecule has 0 N–H and O–H groups in total. The molecule has 8 nitrogen and oxygen atoms in total. The van der Waals surface area contributed by atoms with Crippen LogP contribution in [-0.2, 0) is 11.3 Å². The summed E-state index contributed by atoms with van der Waals surface area (Å²) in [5.41, 5.74) is 1.83. The van der Waals surface area contributed by atoms with E-state index in [1.807, 2.05) is 30.3 Å². The summed E-state index contributed by atoms with van der Waals surface area (Å²) in [6, 6.07) is 10.7. The van der Waals surface area contributed by atoms with Crippen molar-refractivity contribution in [1.82, 2.24) is 9.97 Å². The Morgan fingerprint density at radius 2 is 1.97 bits per heavy atom. The predicted molar refractivity (Wildman–Crippen MR) is 112 cm³/mol. The number of ether oxygens (including phenoxy) is 3. The van der Waals surface area contributed by atoms with Crippen molar-refractivity contribution in [3.8, 4) is 17.6 Å². The van der Waals surface area contributed by atoms with Crippen molar-refractivity contribution in [2.45, 2.75) is 13.5 Å². The van der Waals surface area contributed by atoms with Crippen molar-refractivity contribution < 1.29 is 23.4 Å². The Bertz CT molecular complexity index is 1150. The van der Waals surface area contributed by atoms with Crippen molar-refractivity contribution in [2.24, 2.45) is 0 Å². The Balaban J connectivity index is 2.07. The highest BCUT2D eigenvalue weighted by molar-refractivity contribution is 5.97. The number of carbonyl (C=O) groups is 1. The molecule has 1 aromatic heterocycles. The first-order valence-corrected chi connectivity index (χ1v) is 9.48. The Kier molecular flexibility index (Phi) is 6.82. The fourth-order valence-corrected chi connectivity index (χ4v) is 3.16. The first-order valence-electron chi connectivity index (χ1n) is 9.48. The van der Waals surface area contributed by atoms with Crippen LogP contribution in [0.1, 0.15) is 23.0 Å². The molecule has 3 rings (SSSR count). The molecule has 1 heterocycles. The van der Waals surface area contributed by atoms with E-state index in [4.69, 9.17) is 14.2 Å². The molecule has 3 aromatic rings. The zero-order valence-corrected chi connectivity index (χ0v) is 17.4. The number of hydrogen-bond donors (Lipinski definition) is 0. The lowest BCUT2D eigenvalue weighted by Gasteiger charge is -2.24. The number of nitriles is 1. The molecule has 0 unspecified atom stereocenters. The lowest BCUT2D eigenvalue weighted by molar-refractivity contribution is 0.0518. The molecule has 0 aliphatic carbocycles.